The highest BCUT2D eigenvalue weighted by Crippen LogP contribution is 2.26. The third-order valence-electron chi connectivity index (χ3n) is 3.63. The Labute approximate surface area is 158 Å². The van der Waals surface area contributed by atoms with Crippen LogP contribution < -0.4 is 0 Å². The largest absolute Gasteiger partial charge is 0.477 e. The minimum atomic E-state index is -4.62. The van der Waals surface area contributed by atoms with Crippen LogP contribution in [0, 0.1) is 0 Å². The molecule has 2 N–H and O–H groups in total. The summed E-state index contributed by atoms with van der Waals surface area (Å²) in [6.07, 6.45) is -5.06. The van der Waals surface area contributed by atoms with Crippen LogP contribution in [0.15, 0.2) is 60.7 Å². The fraction of sp³-hybridized carbons (Fsp3) is 0.211. The van der Waals surface area contributed by atoms with Crippen LogP contribution in [0.2, 0.25) is 0 Å². The molecular weight excluding hydrogens is 378 g/mol. The lowest BCUT2D eigenvalue weighted by Crippen LogP contribution is -2.52. The van der Waals surface area contributed by atoms with Crippen LogP contribution in [0.4, 0.5) is 8.78 Å². The summed E-state index contributed by atoms with van der Waals surface area (Å²) in [7, 11) is 0. The lowest BCUT2D eigenvalue weighted by Gasteiger charge is -2.27. The fourth-order valence-corrected chi connectivity index (χ4v) is 2.18. The third kappa shape index (κ3) is 5.10. The first-order valence-electron chi connectivity index (χ1n) is 8.01. The van der Waals surface area contributed by atoms with E-state index in [1.807, 2.05) is 0 Å². The van der Waals surface area contributed by atoms with Gasteiger partial charge in [0.15, 0.2) is 0 Å². The van der Waals surface area contributed by atoms with Crippen LogP contribution >= 0.6 is 0 Å². The van der Waals surface area contributed by atoms with Crippen molar-refractivity contribution >= 4 is 17.9 Å². The van der Waals surface area contributed by atoms with Gasteiger partial charge < -0.3 is 19.7 Å². The Kier molecular flexibility index (Phi) is 6.78. The number of aliphatic hydroxyl groups excluding tert-OH is 1. The predicted octanol–water partition coefficient (Wildman–Crippen LogP) is 2.15. The fourth-order valence-electron chi connectivity index (χ4n) is 2.18. The summed E-state index contributed by atoms with van der Waals surface area (Å²) in [5, 5.41) is 18.7. The number of hydrogen-bond donors (Lipinski definition) is 2. The van der Waals surface area contributed by atoms with Crippen molar-refractivity contribution in [3.8, 4) is 0 Å². The number of esters is 2. The minimum Gasteiger partial charge on any atom is -0.477 e. The zero-order valence-corrected chi connectivity index (χ0v) is 14.3. The molecule has 0 radical (unpaired) electrons. The predicted molar refractivity (Wildman–Crippen MR) is 91.0 cm³/mol. The average molecular weight is 394 g/mol. The number of hydrogen-bond acceptors (Lipinski definition) is 6. The molecule has 0 saturated heterocycles. The van der Waals surface area contributed by atoms with E-state index in [4.69, 9.17) is 9.84 Å². The molecule has 2 aromatic carbocycles. The molecule has 2 aromatic rings. The first-order valence-corrected chi connectivity index (χ1v) is 8.01. The second-order valence-electron chi connectivity index (χ2n) is 5.65. The Morgan fingerprint density at radius 1 is 0.893 bits per heavy atom. The number of halogens is 2. The van der Waals surface area contributed by atoms with Crippen molar-refractivity contribution in [3.05, 3.63) is 71.8 Å². The number of carbonyl (C=O) groups excluding carboxylic acids is 2. The van der Waals surface area contributed by atoms with E-state index in [1.54, 1.807) is 12.1 Å². The quantitative estimate of drug-likeness (QED) is 0.660. The summed E-state index contributed by atoms with van der Waals surface area (Å²) in [4.78, 5) is 34.8. The van der Waals surface area contributed by atoms with Crippen LogP contribution in [-0.2, 0) is 14.3 Å². The molecule has 0 aliphatic rings. The van der Waals surface area contributed by atoms with Crippen LogP contribution in [0.3, 0.4) is 0 Å². The van der Waals surface area contributed by atoms with E-state index in [9.17, 15) is 28.3 Å². The molecule has 0 saturated carbocycles. The number of ether oxygens (including phenoxy) is 2. The number of benzene rings is 2. The minimum absolute atomic E-state index is 0.0949. The van der Waals surface area contributed by atoms with Crippen molar-refractivity contribution in [1.29, 1.82) is 0 Å². The summed E-state index contributed by atoms with van der Waals surface area (Å²) in [5.74, 6) is -9.42. The van der Waals surface area contributed by atoms with E-state index in [2.05, 4.69) is 4.74 Å². The first-order chi connectivity index (χ1) is 13.2. The molecule has 0 amide bonds. The number of carbonyl (C=O) groups is 3. The van der Waals surface area contributed by atoms with Gasteiger partial charge in [0.2, 0.25) is 6.10 Å². The Morgan fingerprint density at radius 2 is 1.36 bits per heavy atom. The zero-order valence-electron chi connectivity index (χ0n) is 14.3. The van der Waals surface area contributed by atoms with Crippen LogP contribution in [0.5, 0.6) is 0 Å². The summed E-state index contributed by atoms with van der Waals surface area (Å²) in [6, 6.07) is 14.5. The maximum Gasteiger partial charge on any atom is 0.381 e. The van der Waals surface area contributed by atoms with Crippen LogP contribution in [0.1, 0.15) is 20.7 Å². The molecule has 0 aliphatic carbocycles. The van der Waals surface area contributed by atoms with E-state index in [-0.39, 0.29) is 11.1 Å². The van der Waals surface area contributed by atoms with E-state index in [0.29, 0.717) is 0 Å². The van der Waals surface area contributed by atoms with Gasteiger partial charge in [-0.15, -0.1) is 0 Å². The standard InChI is InChI=1S/C19H16F2O7/c20-19(21,18(25)26)15(28-17(24)13-9-5-2-6-10-13)14(22)11-27-16(23)12-7-3-1-4-8-12/h1-10,14-15,22H,11H2,(H,25,26)/t14-,15-/m1/s1. The first kappa shape index (κ1) is 21.0. The van der Waals surface area contributed by atoms with E-state index in [0.717, 1.165) is 0 Å². The summed E-state index contributed by atoms with van der Waals surface area (Å²) < 4.78 is 37.3. The lowest BCUT2D eigenvalue weighted by molar-refractivity contribution is -0.196. The SMILES string of the molecule is O=C(OC[C@@H](O)[C@@H](OC(=O)c1ccccc1)C(F)(F)C(=O)O)c1ccccc1. The van der Waals surface area contributed by atoms with Crippen LogP contribution in [-0.4, -0.2) is 52.9 Å². The van der Waals surface area contributed by atoms with Gasteiger partial charge in [0.1, 0.15) is 12.7 Å². The molecule has 9 heteroatoms. The molecule has 2 rings (SSSR count). The molecule has 0 heterocycles. The topological polar surface area (TPSA) is 110 Å². The maximum absolute atomic E-state index is 14.0. The number of carboxylic acids is 1. The number of carboxylic acid groups (broad SMARTS) is 1. The number of aliphatic hydroxyl groups is 1. The van der Waals surface area contributed by atoms with E-state index in [1.165, 1.54) is 48.5 Å². The lowest BCUT2D eigenvalue weighted by atomic mass is 10.1. The molecule has 0 aliphatic heterocycles. The molecule has 28 heavy (non-hydrogen) atoms. The summed E-state index contributed by atoms with van der Waals surface area (Å²) in [5.41, 5.74) is -0.0281. The van der Waals surface area contributed by atoms with Gasteiger partial charge in [-0.25, -0.2) is 14.4 Å². The molecule has 0 bridgehead atoms. The van der Waals surface area contributed by atoms with Crippen molar-refractivity contribution in [2.75, 3.05) is 6.61 Å². The van der Waals surface area contributed by atoms with Gasteiger partial charge in [-0.3, -0.25) is 0 Å². The highest BCUT2D eigenvalue weighted by molar-refractivity contribution is 5.90. The molecule has 7 nitrogen and oxygen atoms in total. The highest BCUT2D eigenvalue weighted by atomic mass is 19.3. The van der Waals surface area contributed by atoms with Gasteiger partial charge >= 0.3 is 23.8 Å². The van der Waals surface area contributed by atoms with Crippen molar-refractivity contribution < 1.29 is 42.9 Å². The zero-order chi connectivity index (χ0) is 20.7. The number of rotatable bonds is 8. The second kappa shape index (κ2) is 9.05. The monoisotopic (exact) mass is 394 g/mol. The van der Waals surface area contributed by atoms with Crippen molar-refractivity contribution in [2.45, 2.75) is 18.1 Å². The molecule has 0 spiro atoms. The molecular formula is C19H16F2O7. The summed E-state index contributed by atoms with van der Waals surface area (Å²) >= 11 is 0. The van der Waals surface area contributed by atoms with Gasteiger partial charge in [0.25, 0.3) is 0 Å². The Bertz CT molecular complexity index is 825. The van der Waals surface area contributed by atoms with Gasteiger partial charge in [-0.05, 0) is 24.3 Å². The molecule has 0 unspecified atom stereocenters. The molecule has 2 atom stereocenters. The smallest absolute Gasteiger partial charge is 0.381 e. The van der Waals surface area contributed by atoms with Crippen molar-refractivity contribution in [1.82, 2.24) is 0 Å². The second-order valence-corrected chi connectivity index (χ2v) is 5.65. The van der Waals surface area contributed by atoms with Gasteiger partial charge in [0, 0.05) is 0 Å². The Morgan fingerprint density at radius 3 is 1.82 bits per heavy atom. The Balaban J connectivity index is 2.13. The molecule has 148 valence electrons. The number of alkyl halides is 2. The summed E-state index contributed by atoms with van der Waals surface area (Å²) in [6.45, 7) is -1.01. The van der Waals surface area contributed by atoms with Gasteiger partial charge in [0.05, 0.1) is 11.1 Å². The Hall–Kier alpha value is -3.33. The maximum atomic E-state index is 14.0. The molecule has 0 aromatic heterocycles. The third-order valence-corrected chi connectivity index (χ3v) is 3.63. The highest BCUT2D eigenvalue weighted by Gasteiger charge is 2.54. The molecule has 0 fully saturated rings. The van der Waals surface area contributed by atoms with Crippen molar-refractivity contribution in [3.63, 3.8) is 0 Å². The van der Waals surface area contributed by atoms with E-state index < -0.39 is 42.6 Å². The van der Waals surface area contributed by atoms with E-state index >= 15 is 0 Å². The van der Waals surface area contributed by atoms with Crippen molar-refractivity contribution in [2.24, 2.45) is 0 Å². The normalized spacial score (nSPS) is 13.2. The van der Waals surface area contributed by atoms with Gasteiger partial charge in [-0.1, -0.05) is 36.4 Å². The number of aliphatic carboxylic acids is 1. The van der Waals surface area contributed by atoms with Crippen LogP contribution in [0.25, 0.3) is 0 Å². The van der Waals surface area contributed by atoms with Gasteiger partial charge in [-0.2, -0.15) is 8.78 Å². The average Bonchev–Trinajstić information content (AvgIpc) is 2.70.